The highest BCUT2D eigenvalue weighted by molar-refractivity contribution is 7.89. The fraction of sp³-hybridized carbons (Fsp3) is 0.342. The van der Waals surface area contributed by atoms with Gasteiger partial charge in [0.2, 0.25) is 10.0 Å². The molecule has 1 amide bonds. The van der Waals surface area contributed by atoms with Gasteiger partial charge < -0.3 is 19.9 Å². The van der Waals surface area contributed by atoms with Gasteiger partial charge in [-0.25, -0.2) is 13.2 Å². The Bertz CT molecular complexity index is 1930. The first kappa shape index (κ1) is 39.5. The third-order valence-corrected chi connectivity index (χ3v) is 11.0. The zero-order chi connectivity index (χ0) is 37.2. The highest BCUT2D eigenvalue weighted by atomic mass is 32.2. The number of amides is 1. The predicted octanol–water partition coefficient (Wildman–Crippen LogP) is 5.78. The van der Waals surface area contributed by atoms with Crippen LogP contribution in [-0.4, -0.2) is 69.8 Å². The van der Waals surface area contributed by atoms with Crippen LogP contribution >= 0.6 is 0 Å². The van der Waals surface area contributed by atoms with Crippen LogP contribution in [0.5, 0.6) is 5.75 Å². The molecule has 0 saturated carbocycles. The Balaban J connectivity index is 1.70. The molecular weight excluding hydrogens is 693 g/mol. The van der Waals surface area contributed by atoms with Crippen molar-refractivity contribution in [1.82, 2.24) is 9.62 Å². The molecule has 0 spiro atoms. The molecule has 2 atom stereocenters. The molecule has 274 valence electrons. The number of hydrogen-bond acceptors (Lipinski definition) is 9. The first-order valence-corrected chi connectivity index (χ1v) is 19.3. The van der Waals surface area contributed by atoms with Crippen LogP contribution in [0.4, 0.5) is 4.79 Å². The molecule has 0 aliphatic heterocycles. The zero-order valence-corrected chi connectivity index (χ0v) is 31.1. The Labute approximate surface area is 301 Å². The van der Waals surface area contributed by atoms with E-state index >= 15 is 0 Å². The lowest BCUT2D eigenvalue weighted by Gasteiger charge is -2.33. The lowest BCUT2D eigenvalue weighted by molar-refractivity contribution is 0.0467. The molecule has 0 bridgehead atoms. The van der Waals surface area contributed by atoms with E-state index in [-0.39, 0.29) is 16.2 Å². The molecule has 0 aliphatic rings. The number of alkyl carbamates (subject to hydrolysis) is 1. The number of rotatable bonds is 16. The lowest BCUT2D eigenvalue weighted by atomic mass is 10.1. The third kappa shape index (κ3) is 11.9. The Kier molecular flexibility index (Phi) is 13.4. The van der Waals surface area contributed by atoms with Gasteiger partial charge in [-0.2, -0.15) is 12.7 Å². The van der Waals surface area contributed by atoms with Crippen LogP contribution in [0.15, 0.2) is 113 Å². The molecule has 4 aromatic rings. The summed E-state index contributed by atoms with van der Waals surface area (Å²) in [5, 5.41) is 12.9. The molecule has 51 heavy (non-hydrogen) atoms. The first-order chi connectivity index (χ1) is 24.1. The van der Waals surface area contributed by atoms with Gasteiger partial charge in [-0.1, -0.05) is 77.9 Å². The van der Waals surface area contributed by atoms with Gasteiger partial charge in [-0.3, -0.25) is 4.18 Å². The van der Waals surface area contributed by atoms with Crippen LogP contribution in [0, 0.1) is 13.8 Å². The van der Waals surface area contributed by atoms with Crippen LogP contribution in [0.25, 0.3) is 0 Å². The topological polar surface area (TPSA) is 149 Å². The number of carbonyl (C=O) groups is 1. The summed E-state index contributed by atoms with van der Waals surface area (Å²) in [5.74, 6) is 0.586. The summed E-state index contributed by atoms with van der Waals surface area (Å²) in [6, 6.07) is 26.7. The summed E-state index contributed by atoms with van der Waals surface area (Å²) >= 11 is 0. The Morgan fingerprint density at radius 2 is 1.35 bits per heavy atom. The second-order valence-electron chi connectivity index (χ2n) is 13.2. The van der Waals surface area contributed by atoms with E-state index in [1.165, 1.54) is 24.3 Å². The smallest absolute Gasteiger partial charge is 0.407 e. The summed E-state index contributed by atoms with van der Waals surface area (Å²) in [7, 11) is -8.68. The van der Waals surface area contributed by atoms with Crippen LogP contribution in [0.2, 0.25) is 0 Å². The van der Waals surface area contributed by atoms with Crippen molar-refractivity contribution >= 4 is 26.2 Å². The quantitative estimate of drug-likeness (QED) is 0.137. The molecule has 0 aliphatic carbocycles. The van der Waals surface area contributed by atoms with Crippen molar-refractivity contribution in [3.63, 3.8) is 0 Å². The first-order valence-electron chi connectivity index (χ1n) is 16.5. The number of nitrogens with zero attached hydrogens (tertiary/aromatic N) is 1. The van der Waals surface area contributed by atoms with Gasteiger partial charge in [0.1, 0.15) is 18.0 Å². The molecule has 0 saturated heterocycles. The fourth-order valence-electron chi connectivity index (χ4n) is 5.05. The molecule has 2 N–H and O–H groups in total. The van der Waals surface area contributed by atoms with Crippen molar-refractivity contribution in [2.24, 2.45) is 0 Å². The maximum atomic E-state index is 14.4. The summed E-state index contributed by atoms with van der Waals surface area (Å²) in [4.78, 5) is 12.6. The van der Waals surface area contributed by atoms with Crippen molar-refractivity contribution in [2.45, 2.75) is 75.1 Å². The van der Waals surface area contributed by atoms with Gasteiger partial charge in [0.05, 0.1) is 35.1 Å². The summed E-state index contributed by atoms with van der Waals surface area (Å²) in [6.45, 7) is 7.38. The van der Waals surface area contributed by atoms with Crippen LogP contribution in [0.1, 0.15) is 43.0 Å². The molecule has 0 unspecified atom stereocenters. The van der Waals surface area contributed by atoms with E-state index in [1.54, 1.807) is 69.3 Å². The molecule has 13 heteroatoms. The molecule has 0 radical (unpaired) electrons. The molecular formula is C38H46N2O9S2. The van der Waals surface area contributed by atoms with Crippen LogP contribution in [-0.2, 0) is 42.1 Å². The number of carbonyl (C=O) groups excluding carboxylic acids is 1. The van der Waals surface area contributed by atoms with Crippen LogP contribution < -0.4 is 10.1 Å². The molecule has 0 fully saturated rings. The van der Waals surface area contributed by atoms with Crippen molar-refractivity contribution in [3.05, 3.63) is 125 Å². The average molecular weight is 739 g/mol. The fourth-order valence-corrected chi connectivity index (χ4v) is 7.65. The monoisotopic (exact) mass is 738 g/mol. The number of sulfonamides is 1. The molecule has 4 aromatic carbocycles. The standard InChI is InChI=1S/C38H46N2O9S2/c1-28-11-19-35(20-12-28)50(43,44)40(24-32(25-41)39-37(42)49-38(3,4)5)33(27-48-51(45,46)36-21-13-29(2)14-22-36)23-30-15-17-34(18-16-30)47-26-31-9-7-6-8-10-31/h6-22,32-33,41H,23-27H2,1-5H3,(H,39,42)/t32-,33+/m1/s1. The summed E-state index contributed by atoms with van der Waals surface area (Å²) in [6.07, 6.45) is -0.840. The van der Waals surface area contributed by atoms with Gasteiger partial charge >= 0.3 is 6.09 Å². The van der Waals surface area contributed by atoms with Crippen LogP contribution in [0.3, 0.4) is 0 Å². The number of aliphatic hydroxyl groups is 1. The van der Waals surface area contributed by atoms with Crippen molar-refractivity contribution in [1.29, 1.82) is 0 Å². The Hall–Kier alpha value is -4.27. The van der Waals surface area contributed by atoms with E-state index in [1.807, 2.05) is 44.2 Å². The van der Waals surface area contributed by atoms with E-state index in [9.17, 15) is 26.7 Å². The SMILES string of the molecule is Cc1ccc(S(=O)(=O)OC[C@H](Cc2ccc(OCc3ccccc3)cc2)N(C[C@H](CO)NC(=O)OC(C)(C)C)S(=O)(=O)c2ccc(C)cc2)cc1. The number of aliphatic hydroxyl groups excluding tert-OH is 1. The molecule has 4 rings (SSSR count). The van der Waals surface area contributed by atoms with E-state index < -0.39 is 63.7 Å². The summed E-state index contributed by atoms with van der Waals surface area (Å²) in [5.41, 5.74) is 2.48. The van der Waals surface area contributed by atoms with Crippen molar-refractivity contribution in [3.8, 4) is 5.75 Å². The largest absolute Gasteiger partial charge is 0.489 e. The van der Waals surface area contributed by atoms with E-state index in [4.69, 9.17) is 13.7 Å². The normalized spacial score (nSPS) is 13.4. The summed E-state index contributed by atoms with van der Waals surface area (Å²) < 4.78 is 73.5. The van der Waals surface area contributed by atoms with Gasteiger partial charge in [0.15, 0.2) is 0 Å². The Morgan fingerprint density at radius 1 is 0.784 bits per heavy atom. The van der Waals surface area contributed by atoms with Gasteiger partial charge in [-0.05, 0) is 88.6 Å². The molecule has 0 aromatic heterocycles. The minimum absolute atomic E-state index is 0.0120. The van der Waals surface area contributed by atoms with E-state index in [0.717, 1.165) is 21.0 Å². The highest BCUT2D eigenvalue weighted by Gasteiger charge is 2.36. The minimum atomic E-state index is -4.37. The number of ether oxygens (including phenoxy) is 2. The van der Waals surface area contributed by atoms with Crippen molar-refractivity contribution in [2.75, 3.05) is 19.8 Å². The van der Waals surface area contributed by atoms with Gasteiger partial charge in [0, 0.05) is 6.54 Å². The van der Waals surface area contributed by atoms with Gasteiger partial charge in [0.25, 0.3) is 10.1 Å². The Morgan fingerprint density at radius 3 is 1.90 bits per heavy atom. The maximum Gasteiger partial charge on any atom is 0.407 e. The number of benzene rings is 4. The average Bonchev–Trinajstić information content (AvgIpc) is 3.08. The maximum absolute atomic E-state index is 14.4. The van der Waals surface area contributed by atoms with E-state index in [0.29, 0.717) is 17.9 Å². The zero-order valence-electron chi connectivity index (χ0n) is 29.5. The number of nitrogens with one attached hydrogen (secondary N) is 1. The molecule has 11 nitrogen and oxygen atoms in total. The predicted molar refractivity (Wildman–Crippen MR) is 194 cm³/mol. The highest BCUT2D eigenvalue weighted by Crippen LogP contribution is 2.25. The minimum Gasteiger partial charge on any atom is -0.489 e. The van der Waals surface area contributed by atoms with Gasteiger partial charge in [-0.15, -0.1) is 0 Å². The van der Waals surface area contributed by atoms with Crippen molar-refractivity contribution < 1.29 is 40.4 Å². The second-order valence-corrected chi connectivity index (χ2v) is 16.7. The molecule has 0 heterocycles. The third-order valence-electron chi connectivity index (χ3n) is 7.74. The lowest BCUT2D eigenvalue weighted by Crippen LogP contribution is -2.53. The second kappa shape index (κ2) is 17.3. The number of aryl methyl sites for hydroxylation is 2. The van der Waals surface area contributed by atoms with E-state index in [2.05, 4.69) is 5.32 Å². The number of hydrogen-bond donors (Lipinski definition) is 2.